The molecule has 16 heavy (non-hydrogen) atoms. The van der Waals surface area contributed by atoms with Crippen LogP contribution in [-0.2, 0) is 0 Å². The van der Waals surface area contributed by atoms with Crippen LogP contribution in [0.3, 0.4) is 0 Å². The van der Waals surface area contributed by atoms with Gasteiger partial charge in [-0.1, -0.05) is 11.6 Å². The monoisotopic (exact) mass is 299 g/mol. The predicted molar refractivity (Wildman–Crippen MR) is 68.3 cm³/mol. The number of nitrogens with zero attached hydrogens (tertiary/aromatic N) is 3. The number of rotatable bonds is 1. The van der Waals surface area contributed by atoms with Gasteiger partial charge in [-0.05, 0) is 48.3 Å². The molecule has 5 heteroatoms. The van der Waals surface area contributed by atoms with E-state index in [2.05, 4.69) is 26.0 Å². The Labute approximate surface area is 108 Å². The van der Waals surface area contributed by atoms with Crippen molar-refractivity contribution in [1.29, 1.82) is 0 Å². The minimum Gasteiger partial charge on any atom is -0.236 e. The van der Waals surface area contributed by atoms with E-state index in [1.54, 1.807) is 10.9 Å². The zero-order valence-corrected chi connectivity index (χ0v) is 11.6. The quantitative estimate of drug-likeness (QED) is 0.805. The molecule has 0 unspecified atom stereocenters. The molecule has 0 aliphatic rings. The first-order chi connectivity index (χ1) is 7.52. The number of pyridine rings is 1. The Morgan fingerprint density at radius 2 is 2.00 bits per heavy atom. The lowest BCUT2D eigenvalue weighted by molar-refractivity contribution is 0.800. The van der Waals surface area contributed by atoms with Gasteiger partial charge in [-0.25, -0.2) is 9.67 Å². The van der Waals surface area contributed by atoms with Crippen LogP contribution >= 0.6 is 27.5 Å². The Morgan fingerprint density at radius 3 is 2.56 bits per heavy atom. The van der Waals surface area contributed by atoms with Gasteiger partial charge in [0.15, 0.2) is 5.82 Å². The fourth-order valence-corrected chi connectivity index (χ4v) is 2.02. The molecule has 2 aromatic heterocycles. The van der Waals surface area contributed by atoms with Crippen molar-refractivity contribution in [3.05, 3.63) is 38.7 Å². The average molecular weight is 301 g/mol. The molecule has 0 fully saturated rings. The zero-order chi connectivity index (χ0) is 11.9. The molecule has 0 saturated heterocycles. The highest BCUT2D eigenvalue weighted by Gasteiger charge is 2.14. The Balaban J connectivity index is 2.68. The molecule has 0 aliphatic heterocycles. The predicted octanol–water partition coefficient (Wildman–Crippen LogP) is 3.61. The van der Waals surface area contributed by atoms with Crippen LogP contribution in [0.15, 0.2) is 16.7 Å². The molecule has 0 spiro atoms. The normalized spacial score (nSPS) is 10.8. The second-order valence-corrected chi connectivity index (χ2v) is 4.83. The SMILES string of the molecule is Cc1ccnc(-n2nc(C)c(Cl)c2C)c1Br. The topological polar surface area (TPSA) is 30.7 Å². The van der Waals surface area contributed by atoms with Crippen LogP contribution in [0.25, 0.3) is 5.82 Å². The zero-order valence-electron chi connectivity index (χ0n) is 9.25. The standard InChI is InChI=1S/C11H11BrClN3/c1-6-4-5-14-11(9(6)12)16-8(3)10(13)7(2)15-16/h4-5H,1-3H3. The Hall–Kier alpha value is -0.870. The third kappa shape index (κ3) is 1.76. The second kappa shape index (κ2) is 4.18. The molecule has 0 saturated carbocycles. The van der Waals surface area contributed by atoms with Gasteiger partial charge >= 0.3 is 0 Å². The lowest BCUT2D eigenvalue weighted by Crippen LogP contribution is -2.03. The van der Waals surface area contributed by atoms with Crippen LogP contribution in [0.4, 0.5) is 0 Å². The van der Waals surface area contributed by atoms with Crippen molar-refractivity contribution >= 4 is 27.5 Å². The molecule has 0 aliphatic carbocycles. The lowest BCUT2D eigenvalue weighted by atomic mass is 10.3. The van der Waals surface area contributed by atoms with Crippen LogP contribution in [0, 0.1) is 20.8 Å². The van der Waals surface area contributed by atoms with Crippen LogP contribution in [-0.4, -0.2) is 14.8 Å². The van der Waals surface area contributed by atoms with E-state index in [-0.39, 0.29) is 0 Å². The van der Waals surface area contributed by atoms with E-state index in [4.69, 9.17) is 11.6 Å². The highest BCUT2D eigenvalue weighted by atomic mass is 79.9. The summed E-state index contributed by atoms with van der Waals surface area (Å²) in [5, 5.41) is 5.06. The summed E-state index contributed by atoms with van der Waals surface area (Å²) in [5.74, 6) is 0.771. The molecule has 0 atom stereocenters. The Morgan fingerprint density at radius 1 is 1.31 bits per heavy atom. The molecule has 0 N–H and O–H groups in total. The lowest BCUT2D eigenvalue weighted by Gasteiger charge is -2.07. The third-order valence-electron chi connectivity index (χ3n) is 2.47. The van der Waals surface area contributed by atoms with Crippen molar-refractivity contribution in [2.75, 3.05) is 0 Å². The second-order valence-electron chi connectivity index (χ2n) is 3.66. The first-order valence-electron chi connectivity index (χ1n) is 4.85. The summed E-state index contributed by atoms with van der Waals surface area (Å²) in [5.41, 5.74) is 2.83. The minimum atomic E-state index is 0.690. The van der Waals surface area contributed by atoms with Crippen LogP contribution in [0.1, 0.15) is 17.0 Å². The molecule has 2 heterocycles. The average Bonchev–Trinajstić information content (AvgIpc) is 2.50. The molecule has 0 bridgehead atoms. The number of aryl methyl sites for hydroxylation is 2. The van der Waals surface area contributed by atoms with Gasteiger partial charge in [-0.15, -0.1) is 0 Å². The molecule has 0 aromatic carbocycles. The van der Waals surface area contributed by atoms with Gasteiger partial charge in [0.05, 0.1) is 20.9 Å². The smallest absolute Gasteiger partial charge is 0.168 e. The van der Waals surface area contributed by atoms with Crippen LogP contribution in [0.2, 0.25) is 5.02 Å². The number of hydrogen-bond donors (Lipinski definition) is 0. The maximum Gasteiger partial charge on any atom is 0.168 e. The van der Waals surface area contributed by atoms with Crippen molar-refractivity contribution < 1.29 is 0 Å². The van der Waals surface area contributed by atoms with Crippen molar-refractivity contribution in [3.8, 4) is 5.82 Å². The maximum absolute atomic E-state index is 6.11. The summed E-state index contributed by atoms with van der Waals surface area (Å²) in [7, 11) is 0. The number of aromatic nitrogens is 3. The van der Waals surface area contributed by atoms with Gasteiger partial charge in [0.1, 0.15) is 0 Å². The van der Waals surface area contributed by atoms with Crippen molar-refractivity contribution in [2.24, 2.45) is 0 Å². The highest BCUT2D eigenvalue weighted by molar-refractivity contribution is 9.10. The van der Waals surface area contributed by atoms with Gasteiger partial charge in [-0.2, -0.15) is 5.10 Å². The van der Waals surface area contributed by atoms with E-state index >= 15 is 0 Å². The van der Waals surface area contributed by atoms with Crippen LogP contribution in [0.5, 0.6) is 0 Å². The van der Waals surface area contributed by atoms with E-state index in [9.17, 15) is 0 Å². The van der Waals surface area contributed by atoms with Gasteiger partial charge in [0.25, 0.3) is 0 Å². The van der Waals surface area contributed by atoms with E-state index in [1.165, 1.54) is 0 Å². The number of hydrogen-bond acceptors (Lipinski definition) is 2. The molecular weight excluding hydrogens is 289 g/mol. The first-order valence-corrected chi connectivity index (χ1v) is 6.02. The van der Waals surface area contributed by atoms with E-state index in [0.29, 0.717) is 5.02 Å². The highest BCUT2D eigenvalue weighted by Crippen LogP contribution is 2.27. The van der Waals surface area contributed by atoms with Gasteiger partial charge in [0, 0.05) is 6.20 Å². The van der Waals surface area contributed by atoms with Crippen molar-refractivity contribution in [2.45, 2.75) is 20.8 Å². The van der Waals surface area contributed by atoms with Gasteiger partial charge < -0.3 is 0 Å². The van der Waals surface area contributed by atoms with Gasteiger partial charge in [-0.3, -0.25) is 0 Å². The molecular formula is C11H11BrClN3. The molecule has 2 rings (SSSR count). The van der Waals surface area contributed by atoms with Crippen molar-refractivity contribution in [3.63, 3.8) is 0 Å². The molecule has 3 nitrogen and oxygen atoms in total. The fraction of sp³-hybridized carbons (Fsp3) is 0.273. The van der Waals surface area contributed by atoms with Gasteiger partial charge in [0.2, 0.25) is 0 Å². The summed E-state index contributed by atoms with van der Waals surface area (Å²) in [4.78, 5) is 4.32. The fourth-order valence-electron chi connectivity index (χ4n) is 1.50. The molecule has 84 valence electrons. The first kappa shape index (κ1) is 11.6. The molecule has 0 radical (unpaired) electrons. The van der Waals surface area contributed by atoms with Crippen LogP contribution < -0.4 is 0 Å². The van der Waals surface area contributed by atoms with E-state index in [0.717, 1.165) is 27.2 Å². The largest absolute Gasteiger partial charge is 0.236 e. The summed E-state index contributed by atoms with van der Waals surface area (Å²) in [6.07, 6.45) is 1.76. The summed E-state index contributed by atoms with van der Waals surface area (Å²) in [6.45, 7) is 5.83. The maximum atomic E-state index is 6.11. The molecule has 0 amide bonds. The minimum absolute atomic E-state index is 0.690. The van der Waals surface area contributed by atoms with Crippen molar-refractivity contribution in [1.82, 2.24) is 14.8 Å². The molecule has 2 aromatic rings. The van der Waals surface area contributed by atoms with E-state index < -0.39 is 0 Å². The summed E-state index contributed by atoms with van der Waals surface area (Å²) >= 11 is 9.63. The Kier molecular flexibility index (Phi) is 3.04. The number of halogens is 2. The summed E-state index contributed by atoms with van der Waals surface area (Å²) < 4.78 is 2.70. The Bertz CT molecular complexity index is 548. The van der Waals surface area contributed by atoms with E-state index in [1.807, 2.05) is 26.8 Å². The third-order valence-corrected chi connectivity index (χ3v) is 3.99. The summed E-state index contributed by atoms with van der Waals surface area (Å²) in [6, 6.07) is 1.95.